The van der Waals surface area contributed by atoms with Gasteiger partial charge in [-0.1, -0.05) is 12.1 Å². The molecule has 1 aliphatic heterocycles. The summed E-state index contributed by atoms with van der Waals surface area (Å²) in [5.74, 6) is 0.513. The number of aromatic nitrogens is 1. The molecule has 1 saturated heterocycles. The first kappa shape index (κ1) is 19.0. The van der Waals surface area contributed by atoms with Crippen LogP contribution < -0.4 is 11.1 Å². The van der Waals surface area contributed by atoms with E-state index in [4.69, 9.17) is 10.5 Å². The molecule has 1 aromatic carbocycles. The molecule has 27 heavy (non-hydrogen) atoms. The highest BCUT2D eigenvalue weighted by molar-refractivity contribution is 6.10. The van der Waals surface area contributed by atoms with Crippen LogP contribution in [0.4, 0.5) is 5.82 Å². The summed E-state index contributed by atoms with van der Waals surface area (Å²) in [4.78, 5) is 22.8. The van der Waals surface area contributed by atoms with Crippen molar-refractivity contribution in [3.63, 3.8) is 0 Å². The van der Waals surface area contributed by atoms with Gasteiger partial charge in [-0.25, -0.2) is 4.98 Å². The summed E-state index contributed by atoms with van der Waals surface area (Å²) < 4.78 is 5.32. The largest absolute Gasteiger partial charge is 0.404 e. The number of hydrogen-bond acceptors (Lipinski definition) is 6. The number of carbonyl (C=O) groups excluding carboxylic acids is 1. The number of fused-ring (bicyclic) bond motifs is 1. The van der Waals surface area contributed by atoms with Crippen LogP contribution in [-0.2, 0) is 9.53 Å². The van der Waals surface area contributed by atoms with Crippen molar-refractivity contribution in [2.45, 2.75) is 6.42 Å². The van der Waals surface area contributed by atoms with Crippen molar-refractivity contribution in [3.8, 4) is 0 Å². The van der Waals surface area contributed by atoms with Gasteiger partial charge in [-0.05, 0) is 23.1 Å². The second-order valence-corrected chi connectivity index (χ2v) is 6.39. The molecule has 2 aromatic rings. The molecule has 0 saturated carbocycles. The van der Waals surface area contributed by atoms with Gasteiger partial charge >= 0.3 is 0 Å². The standard InChI is InChI=1S/C20H25N5O2/c1-22-13-18(12-21)15-2-3-16-14-23-19(11-17(16)10-15)24-20(26)4-5-25-6-8-27-9-7-25/h2-3,10-14H,4-9,21H2,1H3,(H,23,24,26). The summed E-state index contributed by atoms with van der Waals surface area (Å²) in [6, 6.07) is 7.85. The van der Waals surface area contributed by atoms with Crippen molar-refractivity contribution in [2.75, 3.05) is 45.2 Å². The quantitative estimate of drug-likeness (QED) is 0.761. The summed E-state index contributed by atoms with van der Waals surface area (Å²) in [6.07, 6.45) is 5.45. The third kappa shape index (κ3) is 5.12. The van der Waals surface area contributed by atoms with Crippen molar-refractivity contribution < 1.29 is 9.53 Å². The summed E-state index contributed by atoms with van der Waals surface area (Å²) in [7, 11) is 1.71. The molecule has 1 fully saturated rings. The SMILES string of the molecule is CN=CC(=CN)c1ccc2cnc(NC(=O)CCN3CCOCC3)cc2c1. The lowest BCUT2D eigenvalue weighted by Gasteiger charge is -2.26. The Balaban J connectivity index is 1.68. The Hall–Kier alpha value is -2.77. The van der Waals surface area contributed by atoms with Crippen molar-refractivity contribution in [1.82, 2.24) is 9.88 Å². The minimum Gasteiger partial charge on any atom is -0.404 e. The Labute approximate surface area is 158 Å². The molecule has 7 nitrogen and oxygen atoms in total. The summed E-state index contributed by atoms with van der Waals surface area (Å²) in [5, 5.41) is 4.86. The molecule has 3 rings (SSSR count). The average molecular weight is 367 g/mol. The number of anilines is 1. The smallest absolute Gasteiger partial charge is 0.226 e. The third-order valence-corrected chi connectivity index (χ3v) is 4.53. The van der Waals surface area contributed by atoms with E-state index >= 15 is 0 Å². The predicted molar refractivity (Wildman–Crippen MR) is 109 cm³/mol. The monoisotopic (exact) mass is 367 g/mol. The number of allylic oxidation sites excluding steroid dienone is 1. The third-order valence-electron chi connectivity index (χ3n) is 4.53. The van der Waals surface area contributed by atoms with Crippen LogP contribution in [-0.4, -0.2) is 61.9 Å². The maximum atomic E-state index is 12.2. The summed E-state index contributed by atoms with van der Waals surface area (Å²) in [5.41, 5.74) is 7.50. The van der Waals surface area contributed by atoms with Crippen LogP contribution in [0.15, 0.2) is 41.7 Å². The second-order valence-electron chi connectivity index (χ2n) is 6.39. The first-order valence-electron chi connectivity index (χ1n) is 9.04. The molecular weight excluding hydrogens is 342 g/mol. The van der Waals surface area contributed by atoms with Crippen LogP contribution in [0.25, 0.3) is 16.3 Å². The van der Waals surface area contributed by atoms with E-state index in [1.807, 2.05) is 24.3 Å². The summed E-state index contributed by atoms with van der Waals surface area (Å²) in [6.45, 7) is 3.95. The molecule has 0 aliphatic carbocycles. The molecule has 1 aromatic heterocycles. The van der Waals surface area contributed by atoms with Crippen LogP contribution in [0.2, 0.25) is 0 Å². The van der Waals surface area contributed by atoms with E-state index in [0.717, 1.165) is 54.8 Å². The first-order chi connectivity index (χ1) is 13.2. The molecule has 0 radical (unpaired) electrons. The summed E-state index contributed by atoms with van der Waals surface area (Å²) >= 11 is 0. The maximum absolute atomic E-state index is 12.2. The zero-order valence-electron chi connectivity index (χ0n) is 15.5. The lowest BCUT2D eigenvalue weighted by molar-refractivity contribution is -0.116. The number of carbonyl (C=O) groups is 1. The van der Waals surface area contributed by atoms with E-state index in [0.29, 0.717) is 12.2 Å². The number of amides is 1. The number of nitrogens with two attached hydrogens (primary N) is 1. The van der Waals surface area contributed by atoms with Crippen molar-refractivity contribution in [1.29, 1.82) is 0 Å². The molecule has 2 heterocycles. The van der Waals surface area contributed by atoms with E-state index < -0.39 is 0 Å². The Kier molecular flexibility index (Phi) is 6.51. The highest BCUT2D eigenvalue weighted by Gasteiger charge is 2.12. The lowest BCUT2D eigenvalue weighted by atomic mass is 10.0. The van der Waals surface area contributed by atoms with Gasteiger partial charge in [-0.3, -0.25) is 14.7 Å². The minimum atomic E-state index is -0.0369. The van der Waals surface area contributed by atoms with Gasteiger partial charge in [0.15, 0.2) is 0 Å². The number of hydrogen-bond donors (Lipinski definition) is 2. The lowest BCUT2D eigenvalue weighted by Crippen LogP contribution is -2.38. The molecule has 0 unspecified atom stereocenters. The molecule has 0 bridgehead atoms. The number of aliphatic imine (C=N–C) groups is 1. The van der Waals surface area contributed by atoms with Crippen molar-refractivity contribution in [3.05, 3.63) is 42.2 Å². The highest BCUT2D eigenvalue weighted by Crippen LogP contribution is 2.22. The van der Waals surface area contributed by atoms with Gasteiger partial charge in [-0.15, -0.1) is 0 Å². The highest BCUT2D eigenvalue weighted by atomic mass is 16.5. The number of nitrogens with zero attached hydrogens (tertiary/aromatic N) is 3. The van der Waals surface area contributed by atoms with E-state index in [9.17, 15) is 4.79 Å². The molecule has 0 atom stereocenters. The van der Waals surface area contributed by atoms with Crippen molar-refractivity contribution in [2.24, 2.45) is 10.7 Å². The molecular formula is C20H25N5O2. The minimum absolute atomic E-state index is 0.0369. The van der Waals surface area contributed by atoms with Gasteiger partial charge in [0.25, 0.3) is 0 Å². The van der Waals surface area contributed by atoms with Gasteiger partial charge < -0.3 is 15.8 Å². The predicted octanol–water partition coefficient (Wildman–Crippen LogP) is 1.90. The van der Waals surface area contributed by atoms with Crippen LogP contribution in [0.5, 0.6) is 0 Å². The average Bonchev–Trinajstić information content (AvgIpc) is 2.71. The van der Waals surface area contributed by atoms with E-state index in [1.54, 1.807) is 19.5 Å². The Morgan fingerprint density at radius 3 is 2.89 bits per heavy atom. The maximum Gasteiger partial charge on any atom is 0.226 e. The number of nitrogens with one attached hydrogen (secondary N) is 1. The van der Waals surface area contributed by atoms with Gasteiger partial charge in [0, 0.05) is 62.7 Å². The number of morpholine rings is 1. The van der Waals surface area contributed by atoms with Crippen LogP contribution in [0.3, 0.4) is 0 Å². The Morgan fingerprint density at radius 1 is 1.33 bits per heavy atom. The number of ether oxygens (including phenoxy) is 1. The molecule has 142 valence electrons. The second kappa shape index (κ2) is 9.25. The van der Waals surface area contributed by atoms with Crippen LogP contribution in [0.1, 0.15) is 12.0 Å². The molecule has 7 heteroatoms. The van der Waals surface area contributed by atoms with E-state index in [1.165, 1.54) is 6.20 Å². The van der Waals surface area contributed by atoms with Gasteiger partial charge in [0.1, 0.15) is 5.82 Å². The topological polar surface area (TPSA) is 92.8 Å². The normalized spacial score (nSPS) is 16.1. The van der Waals surface area contributed by atoms with Crippen LogP contribution >= 0.6 is 0 Å². The van der Waals surface area contributed by atoms with Crippen LogP contribution in [0, 0.1) is 0 Å². The fourth-order valence-electron chi connectivity index (χ4n) is 3.03. The van der Waals surface area contributed by atoms with Gasteiger partial charge in [-0.2, -0.15) is 0 Å². The zero-order chi connectivity index (χ0) is 19.1. The van der Waals surface area contributed by atoms with E-state index in [2.05, 4.69) is 20.2 Å². The Morgan fingerprint density at radius 2 is 2.15 bits per heavy atom. The molecule has 3 N–H and O–H groups in total. The molecule has 1 aliphatic rings. The number of benzene rings is 1. The first-order valence-corrected chi connectivity index (χ1v) is 9.04. The Bertz CT molecular complexity index is 857. The van der Waals surface area contributed by atoms with E-state index in [-0.39, 0.29) is 5.91 Å². The fraction of sp³-hybridized carbons (Fsp3) is 0.350. The zero-order valence-corrected chi connectivity index (χ0v) is 15.5. The molecule has 1 amide bonds. The van der Waals surface area contributed by atoms with Crippen molar-refractivity contribution >= 4 is 34.3 Å². The van der Waals surface area contributed by atoms with Gasteiger partial charge in [0.2, 0.25) is 5.91 Å². The molecule has 0 spiro atoms. The number of rotatable bonds is 6. The van der Waals surface area contributed by atoms with Gasteiger partial charge in [0.05, 0.1) is 13.2 Å². The fourth-order valence-corrected chi connectivity index (χ4v) is 3.03. The number of pyridine rings is 1.